The molecule has 0 amide bonds. The minimum atomic E-state index is -0.445. The van der Waals surface area contributed by atoms with Gasteiger partial charge in [-0.25, -0.2) is 9.37 Å². The minimum Gasteiger partial charge on any atom is -0.363 e. The van der Waals surface area contributed by atoms with Crippen molar-refractivity contribution in [3.63, 3.8) is 0 Å². The lowest BCUT2D eigenvalue weighted by atomic mass is 10.0. The Morgan fingerprint density at radius 1 is 1.03 bits per heavy atom. The van der Waals surface area contributed by atoms with Gasteiger partial charge in [0, 0.05) is 23.0 Å². The zero-order chi connectivity index (χ0) is 20.2. The van der Waals surface area contributed by atoms with Crippen LogP contribution in [0, 0.1) is 5.82 Å². The number of aromatic nitrogens is 2. The average Bonchev–Trinajstić information content (AvgIpc) is 2.75. The summed E-state index contributed by atoms with van der Waals surface area (Å²) in [7, 11) is 0. The van der Waals surface area contributed by atoms with Crippen molar-refractivity contribution in [2.24, 2.45) is 0 Å². The molecule has 0 radical (unpaired) electrons. The molecular formula is C23H20ClFN4. The van der Waals surface area contributed by atoms with E-state index in [1.54, 1.807) is 24.5 Å². The van der Waals surface area contributed by atoms with Crippen LogP contribution in [-0.4, -0.2) is 9.97 Å². The van der Waals surface area contributed by atoms with E-state index < -0.39 is 5.82 Å². The van der Waals surface area contributed by atoms with Gasteiger partial charge >= 0.3 is 0 Å². The Balaban J connectivity index is 1.65. The number of benzene rings is 2. The number of hydrogen-bond acceptors (Lipinski definition) is 4. The van der Waals surface area contributed by atoms with E-state index >= 15 is 0 Å². The van der Waals surface area contributed by atoms with E-state index in [9.17, 15) is 4.39 Å². The molecule has 4 aromatic rings. The smallest absolute Gasteiger partial charge is 0.141 e. The van der Waals surface area contributed by atoms with Crippen molar-refractivity contribution in [1.29, 1.82) is 0 Å². The Bertz CT molecular complexity index is 1130. The quantitative estimate of drug-likeness (QED) is 0.372. The SMILES string of the molecule is CC[C@H](Nc1cc2c(Nc3ccc(F)c(Cl)c3)ccnc2cn1)c1ccccc1. The van der Waals surface area contributed by atoms with Crippen LogP contribution in [0.1, 0.15) is 24.9 Å². The third-order valence-electron chi connectivity index (χ3n) is 4.76. The summed E-state index contributed by atoms with van der Waals surface area (Å²) in [6.45, 7) is 2.14. The first-order chi connectivity index (χ1) is 14.1. The highest BCUT2D eigenvalue weighted by atomic mass is 35.5. The molecule has 29 heavy (non-hydrogen) atoms. The highest BCUT2D eigenvalue weighted by molar-refractivity contribution is 6.31. The Kier molecular flexibility index (Phi) is 5.58. The van der Waals surface area contributed by atoms with Gasteiger partial charge in [-0.1, -0.05) is 48.9 Å². The Hall–Kier alpha value is -3.18. The molecule has 0 spiro atoms. The van der Waals surface area contributed by atoms with Gasteiger partial charge in [-0.2, -0.15) is 0 Å². The zero-order valence-electron chi connectivity index (χ0n) is 15.9. The highest BCUT2D eigenvalue weighted by Crippen LogP contribution is 2.29. The van der Waals surface area contributed by atoms with Crippen LogP contribution in [0.5, 0.6) is 0 Å². The Morgan fingerprint density at radius 3 is 2.62 bits per heavy atom. The van der Waals surface area contributed by atoms with Crippen molar-refractivity contribution in [2.45, 2.75) is 19.4 Å². The molecule has 4 rings (SSSR count). The van der Waals surface area contributed by atoms with Crippen molar-refractivity contribution in [3.8, 4) is 0 Å². The molecular weight excluding hydrogens is 387 g/mol. The first-order valence-corrected chi connectivity index (χ1v) is 9.80. The monoisotopic (exact) mass is 406 g/mol. The molecule has 0 unspecified atom stereocenters. The van der Waals surface area contributed by atoms with E-state index in [1.807, 2.05) is 30.3 Å². The largest absolute Gasteiger partial charge is 0.363 e. The number of nitrogens with zero attached hydrogens (tertiary/aromatic N) is 2. The van der Waals surface area contributed by atoms with Crippen LogP contribution in [0.25, 0.3) is 10.9 Å². The number of fused-ring (bicyclic) bond motifs is 1. The Morgan fingerprint density at radius 2 is 1.86 bits per heavy atom. The number of nitrogens with one attached hydrogen (secondary N) is 2. The predicted octanol–water partition coefficient (Wildman–Crippen LogP) is 6.73. The molecule has 0 aliphatic heterocycles. The van der Waals surface area contributed by atoms with Gasteiger partial charge in [-0.05, 0) is 42.3 Å². The summed E-state index contributed by atoms with van der Waals surface area (Å²) in [5.41, 5.74) is 3.52. The number of anilines is 3. The summed E-state index contributed by atoms with van der Waals surface area (Å²) < 4.78 is 13.5. The first-order valence-electron chi connectivity index (χ1n) is 9.42. The average molecular weight is 407 g/mol. The molecule has 6 heteroatoms. The number of rotatable bonds is 6. The molecule has 0 fully saturated rings. The van der Waals surface area contributed by atoms with Crippen LogP contribution >= 0.6 is 11.6 Å². The maximum Gasteiger partial charge on any atom is 0.141 e. The standard InChI is InChI=1S/C23H20ClFN4/c1-2-20(15-6-4-3-5-7-15)29-23-13-17-21(10-11-26-22(17)14-27-23)28-16-8-9-19(25)18(24)12-16/h3-14,20H,2H2,1H3,(H,26,28)(H,27,29)/t20-/m0/s1. The van der Waals surface area contributed by atoms with Crippen LogP contribution in [0.3, 0.4) is 0 Å². The van der Waals surface area contributed by atoms with Gasteiger partial charge < -0.3 is 10.6 Å². The second kappa shape index (κ2) is 8.45. The molecule has 0 saturated carbocycles. The van der Waals surface area contributed by atoms with Crippen LogP contribution in [0.15, 0.2) is 73.1 Å². The van der Waals surface area contributed by atoms with Crippen molar-refractivity contribution in [3.05, 3.63) is 89.5 Å². The van der Waals surface area contributed by atoms with Crippen LogP contribution in [0.2, 0.25) is 5.02 Å². The lowest BCUT2D eigenvalue weighted by molar-refractivity contribution is 0.628. The molecule has 0 aliphatic carbocycles. The maximum atomic E-state index is 13.5. The summed E-state index contributed by atoms with van der Waals surface area (Å²) in [6.07, 6.45) is 4.39. The summed E-state index contributed by atoms with van der Waals surface area (Å²) in [4.78, 5) is 8.92. The van der Waals surface area contributed by atoms with Crippen molar-refractivity contribution in [2.75, 3.05) is 10.6 Å². The number of pyridine rings is 2. The summed E-state index contributed by atoms with van der Waals surface area (Å²) >= 11 is 5.91. The van der Waals surface area contributed by atoms with Crippen molar-refractivity contribution < 1.29 is 4.39 Å². The molecule has 1 atom stereocenters. The van der Waals surface area contributed by atoms with Gasteiger partial charge in [0.15, 0.2) is 0 Å². The third-order valence-corrected chi connectivity index (χ3v) is 5.05. The fourth-order valence-corrected chi connectivity index (χ4v) is 3.43. The summed E-state index contributed by atoms with van der Waals surface area (Å²) in [5, 5.41) is 7.79. The summed E-state index contributed by atoms with van der Waals surface area (Å²) in [6, 6.07) is 18.8. The van der Waals surface area contributed by atoms with Crippen molar-refractivity contribution >= 4 is 39.7 Å². The molecule has 4 nitrogen and oxygen atoms in total. The minimum absolute atomic E-state index is 0.0750. The second-order valence-corrected chi connectivity index (χ2v) is 7.12. The van der Waals surface area contributed by atoms with Crippen LogP contribution in [-0.2, 0) is 0 Å². The van der Waals surface area contributed by atoms with E-state index in [1.165, 1.54) is 11.6 Å². The van der Waals surface area contributed by atoms with E-state index in [2.05, 4.69) is 39.7 Å². The molecule has 0 saturated heterocycles. The van der Waals surface area contributed by atoms with Gasteiger partial charge in [0.05, 0.1) is 22.8 Å². The first kappa shape index (κ1) is 19.2. The predicted molar refractivity (Wildman–Crippen MR) is 117 cm³/mol. The van der Waals surface area contributed by atoms with E-state index in [0.717, 1.165) is 28.8 Å². The summed E-state index contributed by atoms with van der Waals surface area (Å²) in [5.74, 6) is 0.320. The highest BCUT2D eigenvalue weighted by Gasteiger charge is 2.11. The van der Waals surface area contributed by atoms with Gasteiger partial charge in [-0.3, -0.25) is 4.98 Å². The number of halogens is 2. The van der Waals surface area contributed by atoms with Gasteiger partial charge in [-0.15, -0.1) is 0 Å². The van der Waals surface area contributed by atoms with Gasteiger partial charge in [0.1, 0.15) is 11.6 Å². The van der Waals surface area contributed by atoms with Crippen LogP contribution < -0.4 is 10.6 Å². The third kappa shape index (κ3) is 4.30. The lowest BCUT2D eigenvalue weighted by Crippen LogP contribution is -2.10. The second-order valence-electron chi connectivity index (χ2n) is 6.71. The molecule has 0 bridgehead atoms. The van der Waals surface area contributed by atoms with E-state index in [4.69, 9.17) is 11.6 Å². The molecule has 146 valence electrons. The normalized spacial score (nSPS) is 12.0. The topological polar surface area (TPSA) is 49.8 Å². The van der Waals surface area contributed by atoms with E-state index in [0.29, 0.717) is 5.69 Å². The lowest BCUT2D eigenvalue weighted by Gasteiger charge is -2.18. The van der Waals surface area contributed by atoms with Crippen LogP contribution in [0.4, 0.5) is 21.6 Å². The molecule has 2 heterocycles. The fourth-order valence-electron chi connectivity index (χ4n) is 3.25. The number of hydrogen-bond donors (Lipinski definition) is 2. The Labute approximate surface area is 173 Å². The van der Waals surface area contributed by atoms with Gasteiger partial charge in [0.25, 0.3) is 0 Å². The van der Waals surface area contributed by atoms with Gasteiger partial charge in [0.2, 0.25) is 0 Å². The van der Waals surface area contributed by atoms with Crippen molar-refractivity contribution in [1.82, 2.24) is 9.97 Å². The molecule has 2 aromatic carbocycles. The fraction of sp³-hybridized carbons (Fsp3) is 0.130. The maximum absolute atomic E-state index is 13.5. The van der Waals surface area contributed by atoms with E-state index in [-0.39, 0.29) is 11.1 Å². The molecule has 0 aliphatic rings. The molecule has 2 aromatic heterocycles. The molecule has 2 N–H and O–H groups in total. The zero-order valence-corrected chi connectivity index (χ0v) is 16.6.